The van der Waals surface area contributed by atoms with Crippen LogP contribution in [0.1, 0.15) is 25.3 Å². The molecule has 1 amide bonds. The molecule has 1 aliphatic heterocycles. The van der Waals surface area contributed by atoms with E-state index < -0.39 is 5.60 Å². The van der Waals surface area contributed by atoms with E-state index in [1.165, 1.54) is 0 Å². The van der Waals surface area contributed by atoms with Crippen LogP contribution in [0.4, 0.5) is 0 Å². The standard InChI is InChI=1S/C16H24N2O2/c1-16(20)8-5-9-18(12-16)15(19)14(11-17)10-13-6-3-2-4-7-13/h2-4,6-7,14,20H,5,8-12,17H2,1H3. The molecule has 2 atom stereocenters. The van der Waals surface area contributed by atoms with Gasteiger partial charge in [-0.25, -0.2) is 0 Å². The lowest BCUT2D eigenvalue weighted by Gasteiger charge is -2.38. The normalized spacial score (nSPS) is 24.4. The summed E-state index contributed by atoms with van der Waals surface area (Å²) in [4.78, 5) is 14.3. The van der Waals surface area contributed by atoms with Gasteiger partial charge >= 0.3 is 0 Å². The Balaban J connectivity index is 2.02. The maximum absolute atomic E-state index is 12.6. The van der Waals surface area contributed by atoms with Crippen molar-refractivity contribution in [2.45, 2.75) is 31.8 Å². The van der Waals surface area contributed by atoms with Crippen LogP contribution >= 0.6 is 0 Å². The molecule has 1 aromatic carbocycles. The molecule has 110 valence electrons. The second kappa shape index (κ2) is 6.37. The molecule has 1 saturated heterocycles. The Morgan fingerprint density at radius 2 is 2.15 bits per heavy atom. The van der Waals surface area contributed by atoms with Crippen molar-refractivity contribution < 1.29 is 9.90 Å². The number of hydrogen-bond acceptors (Lipinski definition) is 3. The van der Waals surface area contributed by atoms with E-state index in [4.69, 9.17) is 5.73 Å². The molecule has 2 unspecified atom stereocenters. The predicted molar refractivity (Wildman–Crippen MR) is 79.1 cm³/mol. The molecule has 0 saturated carbocycles. The van der Waals surface area contributed by atoms with Crippen LogP contribution in [0, 0.1) is 5.92 Å². The van der Waals surface area contributed by atoms with Crippen molar-refractivity contribution in [1.82, 2.24) is 4.90 Å². The van der Waals surface area contributed by atoms with Crippen LogP contribution in [0.15, 0.2) is 30.3 Å². The molecular weight excluding hydrogens is 252 g/mol. The maximum Gasteiger partial charge on any atom is 0.227 e. The van der Waals surface area contributed by atoms with E-state index in [2.05, 4.69) is 0 Å². The largest absolute Gasteiger partial charge is 0.388 e. The van der Waals surface area contributed by atoms with E-state index in [1.54, 1.807) is 11.8 Å². The first kappa shape index (κ1) is 15.0. The quantitative estimate of drug-likeness (QED) is 0.867. The van der Waals surface area contributed by atoms with Crippen LogP contribution in [-0.2, 0) is 11.2 Å². The number of rotatable bonds is 4. The van der Waals surface area contributed by atoms with E-state index in [-0.39, 0.29) is 11.8 Å². The van der Waals surface area contributed by atoms with Crippen molar-refractivity contribution >= 4 is 5.91 Å². The van der Waals surface area contributed by atoms with Gasteiger partial charge in [0.1, 0.15) is 0 Å². The maximum atomic E-state index is 12.6. The summed E-state index contributed by atoms with van der Waals surface area (Å²) in [6, 6.07) is 9.94. The Labute approximate surface area is 120 Å². The Bertz CT molecular complexity index is 445. The van der Waals surface area contributed by atoms with Gasteiger partial charge < -0.3 is 15.7 Å². The highest BCUT2D eigenvalue weighted by Gasteiger charge is 2.33. The predicted octanol–water partition coefficient (Wildman–Crippen LogP) is 1.18. The lowest BCUT2D eigenvalue weighted by atomic mass is 9.92. The van der Waals surface area contributed by atoms with Crippen LogP contribution in [0.25, 0.3) is 0 Å². The molecule has 20 heavy (non-hydrogen) atoms. The molecule has 1 fully saturated rings. The van der Waals surface area contributed by atoms with Gasteiger partial charge in [-0.05, 0) is 31.7 Å². The molecule has 0 aliphatic carbocycles. The van der Waals surface area contributed by atoms with E-state index in [0.29, 0.717) is 19.5 Å². The molecule has 0 spiro atoms. The Kier molecular flexibility index (Phi) is 4.78. The zero-order valence-corrected chi connectivity index (χ0v) is 12.1. The molecule has 1 aromatic rings. The van der Waals surface area contributed by atoms with Crippen molar-refractivity contribution in [3.05, 3.63) is 35.9 Å². The summed E-state index contributed by atoms with van der Waals surface area (Å²) < 4.78 is 0. The summed E-state index contributed by atoms with van der Waals surface area (Å²) in [6.45, 7) is 3.27. The second-order valence-corrected chi connectivity index (χ2v) is 5.98. The number of aliphatic hydroxyl groups is 1. The minimum Gasteiger partial charge on any atom is -0.388 e. The second-order valence-electron chi connectivity index (χ2n) is 5.98. The van der Waals surface area contributed by atoms with Crippen LogP contribution in [0.3, 0.4) is 0 Å². The zero-order chi connectivity index (χ0) is 14.6. The molecule has 0 bridgehead atoms. The first-order chi connectivity index (χ1) is 9.52. The molecule has 0 radical (unpaired) electrons. The third-order valence-electron chi connectivity index (χ3n) is 3.95. The number of amides is 1. The fourth-order valence-electron chi connectivity index (χ4n) is 2.84. The Hall–Kier alpha value is -1.39. The molecule has 1 heterocycles. The van der Waals surface area contributed by atoms with Gasteiger partial charge in [0.15, 0.2) is 0 Å². The van der Waals surface area contributed by atoms with Gasteiger partial charge in [-0.3, -0.25) is 4.79 Å². The molecular formula is C16H24N2O2. The Morgan fingerprint density at radius 3 is 2.75 bits per heavy atom. The van der Waals surface area contributed by atoms with Crippen LogP contribution in [0.5, 0.6) is 0 Å². The van der Waals surface area contributed by atoms with Gasteiger partial charge in [0.25, 0.3) is 0 Å². The summed E-state index contributed by atoms with van der Waals surface area (Å²) >= 11 is 0. The first-order valence-corrected chi connectivity index (χ1v) is 7.27. The highest BCUT2D eigenvalue weighted by Crippen LogP contribution is 2.22. The van der Waals surface area contributed by atoms with Gasteiger partial charge in [-0.15, -0.1) is 0 Å². The highest BCUT2D eigenvalue weighted by atomic mass is 16.3. The van der Waals surface area contributed by atoms with E-state index in [1.807, 2.05) is 30.3 Å². The summed E-state index contributed by atoms with van der Waals surface area (Å²) in [5.41, 5.74) is 6.15. The molecule has 3 N–H and O–H groups in total. The number of benzene rings is 1. The smallest absolute Gasteiger partial charge is 0.227 e. The summed E-state index contributed by atoms with van der Waals surface area (Å²) in [5.74, 6) is -0.136. The van der Waals surface area contributed by atoms with Gasteiger partial charge in [-0.1, -0.05) is 30.3 Å². The zero-order valence-electron chi connectivity index (χ0n) is 12.1. The summed E-state index contributed by atoms with van der Waals surface area (Å²) in [6.07, 6.45) is 2.26. The third kappa shape index (κ3) is 3.81. The van der Waals surface area contributed by atoms with Gasteiger partial charge in [0, 0.05) is 19.6 Å². The van der Waals surface area contributed by atoms with Crippen molar-refractivity contribution in [1.29, 1.82) is 0 Å². The van der Waals surface area contributed by atoms with Gasteiger partial charge in [-0.2, -0.15) is 0 Å². The highest BCUT2D eigenvalue weighted by molar-refractivity contribution is 5.79. The number of hydrogen-bond donors (Lipinski definition) is 2. The van der Waals surface area contributed by atoms with Crippen LogP contribution < -0.4 is 5.73 Å². The molecule has 2 rings (SSSR count). The molecule has 1 aliphatic rings. The number of nitrogens with zero attached hydrogens (tertiary/aromatic N) is 1. The van der Waals surface area contributed by atoms with Crippen molar-refractivity contribution in [2.75, 3.05) is 19.6 Å². The topological polar surface area (TPSA) is 66.6 Å². The van der Waals surface area contributed by atoms with Crippen molar-refractivity contribution in [2.24, 2.45) is 11.7 Å². The van der Waals surface area contributed by atoms with E-state index in [0.717, 1.165) is 24.9 Å². The molecule has 4 nitrogen and oxygen atoms in total. The third-order valence-corrected chi connectivity index (χ3v) is 3.95. The number of nitrogens with two attached hydrogens (primary N) is 1. The lowest BCUT2D eigenvalue weighted by molar-refractivity contribution is -0.141. The van der Waals surface area contributed by atoms with Crippen molar-refractivity contribution in [3.63, 3.8) is 0 Å². The van der Waals surface area contributed by atoms with Crippen LogP contribution in [-0.4, -0.2) is 41.1 Å². The number of piperidine rings is 1. The monoisotopic (exact) mass is 276 g/mol. The lowest BCUT2D eigenvalue weighted by Crippen LogP contribution is -2.51. The average molecular weight is 276 g/mol. The van der Waals surface area contributed by atoms with Gasteiger partial charge in [0.2, 0.25) is 5.91 Å². The van der Waals surface area contributed by atoms with E-state index >= 15 is 0 Å². The fraction of sp³-hybridized carbons (Fsp3) is 0.562. The van der Waals surface area contributed by atoms with Gasteiger partial charge in [0.05, 0.1) is 11.5 Å². The van der Waals surface area contributed by atoms with E-state index in [9.17, 15) is 9.90 Å². The van der Waals surface area contributed by atoms with Crippen LogP contribution in [0.2, 0.25) is 0 Å². The number of likely N-dealkylation sites (tertiary alicyclic amines) is 1. The van der Waals surface area contributed by atoms with Crippen molar-refractivity contribution in [3.8, 4) is 0 Å². The molecule has 4 heteroatoms. The minimum absolute atomic E-state index is 0.0660. The number of β-amino-alcohol motifs (C(OH)–C–C–N with tert-alkyl or cyclic N) is 1. The fourth-order valence-corrected chi connectivity index (χ4v) is 2.84. The SMILES string of the molecule is CC1(O)CCCN(C(=O)C(CN)Cc2ccccc2)C1. The minimum atomic E-state index is -0.764. The first-order valence-electron chi connectivity index (χ1n) is 7.27. The molecule has 0 aromatic heterocycles. The number of carbonyl (C=O) groups is 1. The number of carbonyl (C=O) groups excluding carboxylic acids is 1. The Morgan fingerprint density at radius 1 is 1.45 bits per heavy atom. The summed E-state index contributed by atoms with van der Waals surface area (Å²) in [5, 5.41) is 10.1. The summed E-state index contributed by atoms with van der Waals surface area (Å²) in [7, 11) is 0. The average Bonchev–Trinajstić information content (AvgIpc) is 2.44.